The Morgan fingerprint density at radius 2 is 1.65 bits per heavy atom. The zero-order valence-corrected chi connectivity index (χ0v) is 14.0. The van der Waals surface area contributed by atoms with Crippen LogP contribution < -0.4 is 0 Å². The predicted molar refractivity (Wildman–Crippen MR) is 83.4 cm³/mol. The number of ether oxygens (including phenoxy) is 3. The normalized spacial score (nSPS) is 27.1. The highest BCUT2D eigenvalue weighted by Gasteiger charge is 2.30. The molecule has 0 saturated heterocycles. The second-order valence-electron chi connectivity index (χ2n) is 6.10. The average molecular weight is 307 g/mol. The minimum absolute atomic E-state index is 0.339. The van der Waals surface area contributed by atoms with Gasteiger partial charge in [0.2, 0.25) is 0 Å². The standard InChI is InChI=1S/C16H31ClO3/c1-13(2)14-4-5-16(17)15(12-14)6-7-19-10-11-20-9-8-18-3/h13-16H,4-12H2,1-3H3. The zero-order chi connectivity index (χ0) is 14.8. The van der Waals surface area contributed by atoms with Gasteiger partial charge < -0.3 is 14.2 Å². The maximum atomic E-state index is 6.46. The van der Waals surface area contributed by atoms with Gasteiger partial charge >= 0.3 is 0 Å². The summed E-state index contributed by atoms with van der Waals surface area (Å²) in [5.74, 6) is 2.23. The highest BCUT2D eigenvalue weighted by Crippen LogP contribution is 2.37. The predicted octanol–water partition coefficient (Wildman–Crippen LogP) is 3.74. The van der Waals surface area contributed by atoms with E-state index in [1.165, 1.54) is 12.8 Å². The molecule has 0 radical (unpaired) electrons. The van der Waals surface area contributed by atoms with Crippen molar-refractivity contribution < 1.29 is 14.2 Å². The number of hydrogen-bond donors (Lipinski definition) is 0. The molecule has 0 aromatic heterocycles. The van der Waals surface area contributed by atoms with Gasteiger partial charge in [-0.1, -0.05) is 13.8 Å². The molecule has 0 spiro atoms. The lowest BCUT2D eigenvalue weighted by Gasteiger charge is -2.35. The van der Waals surface area contributed by atoms with E-state index in [1.54, 1.807) is 7.11 Å². The number of methoxy groups -OCH3 is 1. The van der Waals surface area contributed by atoms with Gasteiger partial charge in [-0.2, -0.15) is 0 Å². The van der Waals surface area contributed by atoms with E-state index in [-0.39, 0.29) is 0 Å². The third kappa shape index (κ3) is 7.26. The Labute approximate surface area is 129 Å². The molecule has 4 heteroatoms. The topological polar surface area (TPSA) is 27.7 Å². The third-order valence-corrected chi connectivity index (χ3v) is 4.88. The Morgan fingerprint density at radius 1 is 1.00 bits per heavy atom. The lowest BCUT2D eigenvalue weighted by atomic mass is 9.75. The van der Waals surface area contributed by atoms with Crippen LogP contribution in [0.25, 0.3) is 0 Å². The monoisotopic (exact) mass is 306 g/mol. The molecule has 0 aromatic carbocycles. The number of hydrogen-bond acceptors (Lipinski definition) is 3. The van der Waals surface area contributed by atoms with Crippen LogP contribution >= 0.6 is 11.6 Å². The fourth-order valence-electron chi connectivity index (χ4n) is 2.87. The summed E-state index contributed by atoms with van der Waals surface area (Å²) in [6, 6.07) is 0. The van der Waals surface area contributed by atoms with Crippen molar-refractivity contribution in [1.29, 1.82) is 0 Å². The molecule has 0 aliphatic heterocycles. The van der Waals surface area contributed by atoms with Gasteiger partial charge in [0, 0.05) is 19.1 Å². The van der Waals surface area contributed by atoms with E-state index in [4.69, 9.17) is 25.8 Å². The first-order valence-electron chi connectivity index (χ1n) is 7.93. The summed E-state index contributed by atoms with van der Waals surface area (Å²) in [5, 5.41) is 0.339. The van der Waals surface area contributed by atoms with Crippen LogP contribution in [0.1, 0.15) is 39.5 Å². The third-order valence-electron chi connectivity index (χ3n) is 4.31. The molecule has 1 saturated carbocycles. The molecule has 1 aliphatic carbocycles. The highest BCUT2D eigenvalue weighted by molar-refractivity contribution is 6.20. The highest BCUT2D eigenvalue weighted by atomic mass is 35.5. The van der Waals surface area contributed by atoms with Crippen LogP contribution in [-0.4, -0.2) is 45.5 Å². The lowest BCUT2D eigenvalue weighted by molar-refractivity contribution is 0.0199. The Kier molecular flexibility index (Phi) is 9.87. The van der Waals surface area contributed by atoms with Crippen LogP contribution in [0.4, 0.5) is 0 Å². The summed E-state index contributed by atoms with van der Waals surface area (Å²) in [4.78, 5) is 0. The number of rotatable bonds is 10. The van der Waals surface area contributed by atoms with Crippen LogP contribution in [-0.2, 0) is 14.2 Å². The molecule has 3 nitrogen and oxygen atoms in total. The van der Waals surface area contributed by atoms with Gasteiger partial charge in [0.05, 0.1) is 26.4 Å². The summed E-state index contributed by atoms with van der Waals surface area (Å²) in [7, 11) is 1.68. The fourth-order valence-corrected chi connectivity index (χ4v) is 3.22. The summed E-state index contributed by atoms with van der Waals surface area (Å²) in [6.07, 6.45) is 4.79. The van der Waals surface area contributed by atoms with Gasteiger partial charge in [0.25, 0.3) is 0 Å². The first kappa shape index (κ1) is 18.2. The SMILES string of the molecule is COCCOCCOCCC1CC(C(C)C)CCC1Cl. The van der Waals surface area contributed by atoms with Crippen molar-refractivity contribution in [2.45, 2.75) is 44.9 Å². The van der Waals surface area contributed by atoms with E-state index in [0.29, 0.717) is 37.7 Å². The summed E-state index contributed by atoms with van der Waals surface area (Å²) >= 11 is 6.46. The quantitative estimate of drug-likeness (QED) is 0.454. The molecule has 1 aliphatic rings. The molecule has 3 unspecified atom stereocenters. The summed E-state index contributed by atoms with van der Waals surface area (Å²) < 4.78 is 15.9. The van der Waals surface area contributed by atoms with E-state index in [2.05, 4.69) is 13.8 Å². The number of alkyl halides is 1. The zero-order valence-electron chi connectivity index (χ0n) is 13.3. The van der Waals surface area contributed by atoms with Gasteiger partial charge in [-0.3, -0.25) is 0 Å². The molecule has 0 amide bonds. The van der Waals surface area contributed by atoms with Crippen molar-refractivity contribution in [1.82, 2.24) is 0 Å². The van der Waals surface area contributed by atoms with Crippen LogP contribution in [0.2, 0.25) is 0 Å². The average Bonchev–Trinajstić information content (AvgIpc) is 2.43. The minimum Gasteiger partial charge on any atom is -0.382 e. The first-order valence-corrected chi connectivity index (χ1v) is 8.37. The number of halogens is 1. The van der Waals surface area contributed by atoms with Gasteiger partial charge in [0.1, 0.15) is 0 Å². The van der Waals surface area contributed by atoms with E-state index >= 15 is 0 Å². The summed E-state index contributed by atoms with van der Waals surface area (Å²) in [5.41, 5.74) is 0. The van der Waals surface area contributed by atoms with E-state index in [1.807, 2.05) is 0 Å². The molecule has 20 heavy (non-hydrogen) atoms. The van der Waals surface area contributed by atoms with Crippen molar-refractivity contribution in [3.8, 4) is 0 Å². The van der Waals surface area contributed by atoms with Crippen LogP contribution in [0.5, 0.6) is 0 Å². The minimum atomic E-state index is 0.339. The largest absolute Gasteiger partial charge is 0.382 e. The first-order chi connectivity index (χ1) is 9.65. The van der Waals surface area contributed by atoms with Crippen molar-refractivity contribution in [3.63, 3.8) is 0 Å². The van der Waals surface area contributed by atoms with Crippen molar-refractivity contribution in [2.75, 3.05) is 40.1 Å². The second kappa shape index (κ2) is 10.8. The van der Waals surface area contributed by atoms with Crippen molar-refractivity contribution in [3.05, 3.63) is 0 Å². The van der Waals surface area contributed by atoms with Crippen LogP contribution in [0, 0.1) is 17.8 Å². The Hall–Kier alpha value is 0.170. The molecule has 1 fully saturated rings. The molecule has 3 atom stereocenters. The Morgan fingerprint density at radius 3 is 2.30 bits per heavy atom. The lowest BCUT2D eigenvalue weighted by Crippen LogP contribution is -2.29. The van der Waals surface area contributed by atoms with Gasteiger partial charge in [0.15, 0.2) is 0 Å². The molecule has 1 rings (SSSR count). The molecule has 120 valence electrons. The van der Waals surface area contributed by atoms with E-state index < -0.39 is 0 Å². The maximum Gasteiger partial charge on any atom is 0.0701 e. The van der Waals surface area contributed by atoms with Crippen molar-refractivity contribution >= 4 is 11.6 Å². The van der Waals surface area contributed by atoms with Crippen LogP contribution in [0.15, 0.2) is 0 Å². The van der Waals surface area contributed by atoms with Crippen molar-refractivity contribution in [2.24, 2.45) is 17.8 Å². The molecule has 0 bridgehead atoms. The molecule has 0 N–H and O–H groups in total. The molecule has 0 heterocycles. The van der Waals surface area contributed by atoms with Crippen LogP contribution in [0.3, 0.4) is 0 Å². The smallest absolute Gasteiger partial charge is 0.0701 e. The van der Waals surface area contributed by atoms with Gasteiger partial charge in [-0.15, -0.1) is 11.6 Å². The molecular weight excluding hydrogens is 276 g/mol. The van der Waals surface area contributed by atoms with Gasteiger partial charge in [-0.25, -0.2) is 0 Å². The fraction of sp³-hybridized carbons (Fsp3) is 1.00. The van der Waals surface area contributed by atoms with E-state index in [0.717, 1.165) is 31.3 Å². The molecule has 0 aromatic rings. The van der Waals surface area contributed by atoms with E-state index in [9.17, 15) is 0 Å². The summed E-state index contributed by atoms with van der Waals surface area (Å²) in [6.45, 7) is 8.04. The molecular formula is C16H31ClO3. The Bertz CT molecular complexity index is 236. The Balaban J connectivity index is 2.05. The second-order valence-corrected chi connectivity index (χ2v) is 6.66. The maximum absolute atomic E-state index is 6.46. The van der Waals surface area contributed by atoms with Gasteiger partial charge in [-0.05, 0) is 43.4 Å².